The SMILES string of the molecule is OC(Cc1nc(C2CCCO2)no1)C(F)(F)F. The van der Waals surface area contributed by atoms with E-state index in [-0.39, 0.29) is 17.8 Å². The van der Waals surface area contributed by atoms with Crippen LogP contribution >= 0.6 is 0 Å². The molecule has 0 radical (unpaired) electrons. The second-order valence-corrected chi connectivity index (χ2v) is 3.81. The van der Waals surface area contributed by atoms with Crippen LogP contribution in [0.5, 0.6) is 0 Å². The number of aliphatic hydroxyl groups excluding tert-OH is 1. The van der Waals surface area contributed by atoms with Gasteiger partial charge in [-0.3, -0.25) is 0 Å². The molecule has 96 valence electrons. The zero-order chi connectivity index (χ0) is 12.5. The summed E-state index contributed by atoms with van der Waals surface area (Å²) in [6.07, 6.45) is -6.63. The number of alkyl halides is 3. The van der Waals surface area contributed by atoms with Crippen LogP contribution in [-0.2, 0) is 11.2 Å². The normalized spacial score (nSPS) is 22.9. The van der Waals surface area contributed by atoms with Gasteiger partial charge in [-0.05, 0) is 12.8 Å². The molecule has 1 N–H and O–H groups in total. The minimum Gasteiger partial charge on any atom is -0.383 e. The van der Waals surface area contributed by atoms with Gasteiger partial charge in [-0.2, -0.15) is 18.2 Å². The van der Waals surface area contributed by atoms with Crippen LogP contribution in [0.2, 0.25) is 0 Å². The van der Waals surface area contributed by atoms with Gasteiger partial charge in [0.1, 0.15) is 6.10 Å². The standard InChI is InChI=1S/C9H11F3N2O3/c10-9(11,12)6(15)4-7-13-8(14-17-7)5-2-1-3-16-5/h5-6,15H,1-4H2. The molecule has 2 unspecified atom stereocenters. The number of aromatic nitrogens is 2. The number of halogens is 3. The summed E-state index contributed by atoms with van der Waals surface area (Å²) in [5, 5.41) is 12.4. The molecule has 2 heterocycles. The molecule has 1 aliphatic rings. The Morgan fingerprint density at radius 2 is 2.24 bits per heavy atom. The Kier molecular flexibility index (Phi) is 3.34. The molecule has 0 saturated carbocycles. The summed E-state index contributed by atoms with van der Waals surface area (Å²) in [7, 11) is 0. The zero-order valence-corrected chi connectivity index (χ0v) is 8.78. The fourth-order valence-electron chi connectivity index (χ4n) is 1.54. The zero-order valence-electron chi connectivity index (χ0n) is 8.78. The Bertz CT molecular complexity index is 374. The van der Waals surface area contributed by atoms with E-state index in [0.29, 0.717) is 6.61 Å². The summed E-state index contributed by atoms with van der Waals surface area (Å²) in [6.45, 7) is 0.583. The lowest BCUT2D eigenvalue weighted by atomic mass is 10.2. The molecule has 5 nitrogen and oxygen atoms in total. The van der Waals surface area contributed by atoms with E-state index in [1.165, 1.54) is 0 Å². The minimum atomic E-state index is -4.68. The van der Waals surface area contributed by atoms with Crippen LogP contribution in [0.25, 0.3) is 0 Å². The lowest BCUT2D eigenvalue weighted by molar-refractivity contribution is -0.204. The van der Waals surface area contributed by atoms with Crippen molar-refractivity contribution in [1.82, 2.24) is 10.1 Å². The third-order valence-electron chi connectivity index (χ3n) is 2.45. The monoisotopic (exact) mass is 252 g/mol. The van der Waals surface area contributed by atoms with E-state index >= 15 is 0 Å². The number of nitrogens with zero attached hydrogens (tertiary/aromatic N) is 2. The van der Waals surface area contributed by atoms with Gasteiger partial charge in [0, 0.05) is 6.61 Å². The highest BCUT2D eigenvalue weighted by Crippen LogP contribution is 2.27. The van der Waals surface area contributed by atoms with Crippen LogP contribution in [-0.4, -0.2) is 34.1 Å². The van der Waals surface area contributed by atoms with Crippen LogP contribution in [0.3, 0.4) is 0 Å². The maximum absolute atomic E-state index is 12.1. The lowest BCUT2D eigenvalue weighted by Gasteiger charge is -2.11. The van der Waals surface area contributed by atoms with Gasteiger partial charge in [0.25, 0.3) is 0 Å². The van der Waals surface area contributed by atoms with E-state index in [4.69, 9.17) is 9.84 Å². The molecular weight excluding hydrogens is 241 g/mol. The molecule has 0 bridgehead atoms. The molecule has 1 aromatic rings. The van der Waals surface area contributed by atoms with Gasteiger partial charge in [0.2, 0.25) is 11.7 Å². The molecule has 1 aliphatic heterocycles. The van der Waals surface area contributed by atoms with Crippen LogP contribution in [0.15, 0.2) is 4.52 Å². The fraction of sp³-hybridized carbons (Fsp3) is 0.778. The Labute approximate surface area is 94.6 Å². The molecule has 0 aliphatic carbocycles. The quantitative estimate of drug-likeness (QED) is 0.880. The number of rotatable bonds is 3. The van der Waals surface area contributed by atoms with Gasteiger partial charge in [-0.15, -0.1) is 0 Å². The van der Waals surface area contributed by atoms with E-state index in [0.717, 1.165) is 12.8 Å². The molecule has 2 atom stereocenters. The molecule has 0 spiro atoms. The molecule has 17 heavy (non-hydrogen) atoms. The number of hydrogen-bond donors (Lipinski definition) is 1. The van der Waals surface area contributed by atoms with Gasteiger partial charge in [-0.25, -0.2) is 0 Å². The van der Waals surface area contributed by atoms with Crippen LogP contribution < -0.4 is 0 Å². The molecule has 1 fully saturated rings. The summed E-state index contributed by atoms with van der Waals surface area (Å²) in [6, 6.07) is 0. The van der Waals surface area contributed by atoms with Crippen molar-refractivity contribution < 1.29 is 27.5 Å². The van der Waals surface area contributed by atoms with Gasteiger partial charge in [-0.1, -0.05) is 5.16 Å². The first kappa shape index (κ1) is 12.3. The predicted molar refractivity (Wildman–Crippen MR) is 48.0 cm³/mol. The highest BCUT2D eigenvalue weighted by Gasteiger charge is 2.39. The molecule has 0 aromatic carbocycles. The summed E-state index contributed by atoms with van der Waals surface area (Å²) < 4.78 is 46.1. The maximum Gasteiger partial charge on any atom is 0.414 e. The van der Waals surface area contributed by atoms with Crippen molar-refractivity contribution in [2.24, 2.45) is 0 Å². The van der Waals surface area contributed by atoms with Gasteiger partial charge < -0.3 is 14.4 Å². The average Bonchev–Trinajstić information content (AvgIpc) is 2.83. The third kappa shape index (κ3) is 2.95. The Morgan fingerprint density at radius 1 is 1.47 bits per heavy atom. The van der Waals surface area contributed by atoms with Crippen LogP contribution in [0, 0.1) is 0 Å². The Morgan fingerprint density at radius 3 is 2.82 bits per heavy atom. The van der Waals surface area contributed by atoms with Crippen molar-refractivity contribution in [1.29, 1.82) is 0 Å². The number of ether oxygens (including phenoxy) is 1. The maximum atomic E-state index is 12.1. The second kappa shape index (κ2) is 4.61. The van der Waals surface area contributed by atoms with Gasteiger partial charge in [0.15, 0.2) is 6.10 Å². The number of aliphatic hydroxyl groups is 1. The fourth-order valence-corrected chi connectivity index (χ4v) is 1.54. The second-order valence-electron chi connectivity index (χ2n) is 3.81. The minimum absolute atomic E-state index is 0.236. The lowest BCUT2D eigenvalue weighted by Crippen LogP contribution is -2.30. The van der Waals surface area contributed by atoms with Crippen molar-refractivity contribution in [3.63, 3.8) is 0 Å². The van der Waals surface area contributed by atoms with Gasteiger partial charge >= 0.3 is 6.18 Å². The molecule has 2 rings (SSSR count). The van der Waals surface area contributed by atoms with Crippen molar-refractivity contribution in [3.05, 3.63) is 11.7 Å². The first-order valence-electron chi connectivity index (χ1n) is 5.15. The van der Waals surface area contributed by atoms with E-state index < -0.39 is 18.7 Å². The average molecular weight is 252 g/mol. The summed E-state index contributed by atoms with van der Waals surface area (Å²) in [5.74, 6) is 0.00667. The smallest absolute Gasteiger partial charge is 0.383 e. The molecular formula is C9H11F3N2O3. The summed E-state index contributed by atoms with van der Waals surface area (Å²) >= 11 is 0. The Hall–Kier alpha value is -1.15. The molecule has 1 saturated heterocycles. The van der Waals surface area contributed by atoms with E-state index in [2.05, 4.69) is 14.7 Å². The van der Waals surface area contributed by atoms with Crippen LogP contribution in [0.1, 0.15) is 30.7 Å². The Balaban J connectivity index is 1.98. The van der Waals surface area contributed by atoms with Crippen molar-refractivity contribution in [2.75, 3.05) is 6.61 Å². The van der Waals surface area contributed by atoms with E-state index in [1.54, 1.807) is 0 Å². The topological polar surface area (TPSA) is 68.4 Å². The number of hydrogen-bond acceptors (Lipinski definition) is 5. The van der Waals surface area contributed by atoms with Gasteiger partial charge in [0.05, 0.1) is 6.42 Å². The first-order valence-corrected chi connectivity index (χ1v) is 5.15. The first-order chi connectivity index (χ1) is 7.97. The van der Waals surface area contributed by atoms with E-state index in [9.17, 15) is 13.2 Å². The summed E-state index contributed by atoms with van der Waals surface area (Å²) in [5.41, 5.74) is 0. The molecule has 1 aromatic heterocycles. The van der Waals surface area contributed by atoms with E-state index in [1.807, 2.05) is 0 Å². The van der Waals surface area contributed by atoms with Crippen molar-refractivity contribution >= 4 is 0 Å². The van der Waals surface area contributed by atoms with Crippen molar-refractivity contribution in [2.45, 2.75) is 37.6 Å². The largest absolute Gasteiger partial charge is 0.414 e. The molecule has 8 heteroatoms. The van der Waals surface area contributed by atoms with Crippen molar-refractivity contribution in [3.8, 4) is 0 Å². The van der Waals surface area contributed by atoms with Crippen LogP contribution in [0.4, 0.5) is 13.2 Å². The third-order valence-corrected chi connectivity index (χ3v) is 2.45. The predicted octanol–water partition coefficient (Wildman–Crippen LogP) is 1.39. The molecule has 0 amide bonds. The highest BCUT2D eigenvalue weighted by molar-refractivity contribution is 4.94. The highest BCUT2D eigenvalue weighted by atomic mass is 19.4. The summed E-state index contributed by atoms with van der Waals surface area (Å²) in [4.78, 5) is 3.78.